The third-order valence-corrected chi connectivity index (χ3v) is 3.79. The highest BCUT2D eigenvalue weighted by Gasteiger charge is 2.15. The molecule has 2 N–H and O–H groups in total. The van der Waals surface area contributed by atoms with Crippen molar-refractivity contribution < 1.29 is 0 Å². The first-order valence-corrected chi connectivity index (χ1v) is 6.74. The van der Waals surface area contributed by atoms with E-state index in [2.05, 4.69) is 30.7 Å². The van der Waals surface area contributed by atoms with Gasteiger partial charge in [0, 0.05) is 19.6 Å². The van der Waals surface area contributed by atoms with Gasteiger partial charge < -0.3 is 15.5 Å². The first-order valence-electron chi connectivity index (χ1n) is 6.74. The largest absolute Gasteiger partial charge is 0.330 e. The van der Waals surface area contributed by atoms with Crippen LogP contribution in [0, 0.1) is 11.8 Å². The second-order valence-corrected chi connectivity index (χ2v) is 5.55. The normalized spacial score (nSPS) is 19.9. The molecule has 1 aliphatic heterocycles. The predicted molar refractivity (Wildman–Crippen MR) is 70.6 cm³/mol. The molecule has 0 aromatic rings. The van der Waals surface area contributed by atoms with Crippen LogP contribution in [0.25, 0.3) is 0 Å². The molecule has 1 heterocycles. The Balaban J connectivity index is 2.15. The highest BCUT2D eigenvalue weighted by molar-refractivity contribution is 4.71. The summed E-state index contributed by atoms with van der Waals surface area (Å²) in [7, 11) is 2.22. The SMILES string of the molecule is CC(C)C(CN)CN(C)CCN1CCCC1. The summed E-state index contributed by atoms with van der Waals surface area (Å²) in [4.78, 5) is 5.01. The van der Waals surface area contributed by atoms with E-state index >= 15 is 0 Å². The smallest absolute Gasteiger partial charge is 0.0109 e. The molecule has 16 heavy (non-hydrogen) atoms. The van der Waals surface area contributed by atoms with Crippen molar-refractivity contribution in [2.75, 3.05) is 46.3 Å². The third-order valence-electron chi connectivity index (χ3n) is 3.79. The highest BCUT2D eigenvalue weighted by Crippen LogP contribution is 2.11. The van der Waals surface area contributed by atoms with E-state index in [1.54, 1.807) is 0 Å². The topological polar surface area (TPSA) is 32.5 Å². The number of nitrogens with two attached hydrogens (primary N) is 1. The minimum absolute atomic E-state index is 0.642. The minimum Gasteiger partial charge on any atom is -0.330 e. The first-order chi connectivity index (χ1) is 7.63. The van der Waals surface area contributed by atoms with Crippen molar-refractivity contribution in [1.82, 2.24) is 9.80 Å². The van der Waals surface area contributed by atoms with Crippen molar-refractivity contribution in [3.63, 3.8) is 0 Å². The summed E-state index contributed by atoms with van der Waals surface area (Å²) in [5.41, 5.74) is 5.80. The third kappa shape index (κ3) is 4.81. The van der Waals surface area contributed by atoms with Crippen LogP contribution in [0.1, 0.15) is 26.7 Å². The van der Waals surface area contributed by atoms with Crippen molar-refractivity contribution in [2.45, 2.75) is 26.7 Å². The van der Waals surface area contributed by atoms with E-state index in [0.29, 0.717) is 11.8 Å². The number of likely N-dealkylation sites (tertiary alicyclic amines) is 1. The van der Waals surface area contributed by atoms with E-state index in [-0.39, 0.29) is 0 Å². The molecule has 3 heteroatoms. The van der Waals surface area contributed by atoms with Crippen molar-refractivity contribution in [2.24, 2.45) is 17.6 Å². The molecule has 0 spiro atoms. The van der Waals surface area contributed by atoms with Gasteiger partial charge in [0.25, 0.3) is 0 Å². The summed E-state index contributed by atoms with van der Waals surface area (Å²) in [5, 5.41) is 0. The van der Waals surface area contributed by atoms with Crippen LogP contribution in [-0.2, 0) is 0 Å². The molecule has 1 atom stereocenters. The summed E-state index contributed by atoms with van der Waals surface area (Å²) in [6.07, 6.45) is 2.78. The second kappa shape index (κ2) is 7.25. The fourth-order valence-electron chi connectivity index (χ4n) is 2.37. The Morgan fingerprint density at radius 2 is 1.88 bits per heavy atom. The van der Waals surface area contributed by atoms with E-state index in [4.69, 9.17) is 5.73 Å². The molecule has 1 unspecified atom stereocenters. The van der Waals surface area contributed by atoms with Crippen molar-refractivity contribution in [1.29, 1.82) is 0 Å². The van der Waals surface area contributed by atoms with Crippen LogP contribution in [0.3, 0.4) is 0 Å². The average Bonchev–Trinajstić information content (AvgIpc) is 2.75. The van der Waals surface area contributed by atoms with Gasteiger partial charge in [-0.2, -0.15) is 0 Å². The van der Waals surface area contributed by atoms with Crippen LogP contribution in [0.15, 0.2) is 0 Å². The molecule has 0 aliphatic carbocycles. The molecule has 1 aliphatic rings. The molecule has 3 nitrogen and oxygen atoms in total. The minimum atomic E-state index is 0.642. The van der Waals surface area contributed by atoms with Gasteiger partial charge in [-0.05, 0) is 51.4 Å². The van der Waals surface area contributed by atoms with E-state index < -0.39 is 0 Å². The van der Waals surface area contributed by atoms with Gasteiger partial charge >= 0.3 is 0 Å². The van der Waals surface area contributed by atoms with E-state index in [1.165, 1.54) is 39.0 Å². The molecule has 0 radical (unpaired) electrons. The first kappa shape index (κ1) is 13.9. The Bertz CT molecular complexity index is 176. The molecule has 0 saturated carbocycles. The molecule has 0 amide bonds. The maximum Gasteiger partial charge on any atom is 0.0109 e. The van der Waals surface area contributed by atoms with Crippen molar-refractivity contribution >= 4 is 0 Å². The van der Waals surface area contributed by atoms with Crippen LogP contribution in [-0.4, -0.2) is 56.1 Å². The van der Waals surface area contributed by atoms with Gasteiger partial charge in [0.05, 0.1) is 0 Å². The van der Waals surface area contributed by atoms with Crippen molar-refractivity contribution in [3.05, 3.63) is 0 Å². The monoisotopic (exact) mass is 227 g/mol. The van der Waals surface area contributed by atoms with Gasteiger partial charge in [0.2, 0.25) is 0 Å². The molecule has 1 saturated heterocycles. The lowest BCUT2D eigenvalue weighted by molar-refractivity contribution is 0.210. The van der Waals surface area contributed by atoms with Crippen LogP contribution in [0.5, 0.6) is 0 Å². The summed E-state index contributed by atoms with van der Waals surface area (Å²) < 4.78 is 0. The predicted octanol–water partition coefficient (Wildman–Crippen LogP) is 1.24. The van der Waals surface area contributed by atoms with E-state index in [9.17, 15) is 0 Å². The quantitative estimate of drug-likeness (QED) is 0.710. The summed E-state index contributed by atoms with van der Waals surface area (Å²) in [6.45, 7) is 11.5. The van der Waals surface area contributed by atoms with Gasteiger partial charge in [-0.25, -0.2) is 0 Å². The Kier molecular flexibility index (Phi) is 6.32. The number of nitrogens with zero attached hydrogens (tertiary/aromatic N) is 2. The maximum atomic E-state index is 5.80. The van der Waals surface area contributed by atoms with Gasteiger partial charge in [0.15, 0.2) is 0 Å². The Labute approximate surface area is 101 Å². The molecular formula is C13H29N3. The molecule has 1 rings (SSSR count). The van der Waals surface area contributed by atoms with Gasteiger partial charge in [-0.15, -0.1) is 0 Å². The van der Waals surface area contributed by atoms with E-state index in [1.807, 2.05) is 0 Å². The highest BCUT2D eigenvalue weighted by atomic mass is 15.2. The van der Waals surface area contributed by atoms with Crippen molar-refractivity contribution in [3.8, 4) is 0 Å². The summed E-state index contributed by atoms with van der Waals surface area (Å²) in [6, 6.07) is 0. The lowest BCUT2D eigenvalue weighted by Crippen LogP contribution is -2.37. The lowest BCUT2D eigenvalue weighted by atomic mass is 9.95. The number of rotatable bonds is 7. The summed E-state index contributed by atoms with van der Waals surface area (Å²) in [5.74, 6) is 1.34. The molecule has 1 fully saturated rings. The Morgan fingerprint density at radius 1 is 1.25 bits per heavy atom. The molecule has 0 bridgehead atoms. The average molecular weight is 227 g/mol. The zero-order valence-electron chi connectivity index (χ0n) is 11.3. The zero-order chi connectivity index (χ0) is 12.0. The molecule has 0 aromatic carbocycles. The Hall–Kier alpha value is -0.120. The standard InChI is InChI=1S/C13H29N3/c1-12(2)13(10-14)11-15(3)8-9-16-6-4-5-7-16/h12-13H,4-11,14H2,1-3H3. The molecular weight excluding hydrogens is 198 g/mol. The molecule has 0 aromatic heterocycles. The van der Waals surface area contributed by atoms with Crippen LogP contribution in [0.2, 0.25) is 0 Å². The zero-order valence-corrected chi connectivity index (χ0v) is 11.3. The van der Waals surface area contributed by atoms with Gasteiger partial charge in [-0.1, -0.05) is 13.8 Å². The van der Waals surface area contributed by atoms with Crippen LogP contribution in [0.4, 0.5) is 0 Å². The molecule has 96 valence electrons. The van der Waals surface area contributed by atoms with Gasteiger partial charge in [0.1, 0.15) is 0 Å². The number of likely N-dealkylation sites (N-methyl/N-ethyl adjacent to an activating group) is 1. The maximum absolute atomic E-state index is 5.80. The fraction of sp³-hybridized carbons (Fsp3) is 1.00. The van der Waals surface area contributed by atoms with Crippen LogP contribution >= 0.6 is 0 Å². The number of hydrogen-bond acceptors (Lipinski definition) is 3. The Morgan fingerprint density at radius 3 is 2.38 bits per heavy atom. The number of hydrogen-bond donors (Lipinski definition) is 1. The fourth-order valence-corrected chi connectivity index (χ4v) is 2.37. The van der Waals surface area contributed by atoms with Gasteiger partial charge in [-0.3, -0.25) is 0 Å². The van der Waals surface area contributed by atoms with E-state index in [0.717, 1.165) is 13.1 Å². The van der Waals surface area contributed by atoms with Crippen LogP contribution < -0.4 is 5.73 Å². The second-order valence-electron chi connectivity index (χ2n) is 5.55. The summed E-state index contributed by atoms with van der Waals surface area (Å²) >= 11 is 0. The lowest BCUT2D eigenvalue weighted by Gasteiger charge is -2.27.